The Bertz CT molecular complexity index is 472. The first-order chi connectivity index (χ1) is 7.77. The highest BCUT2D eigenvalue weighted by molar-refractivity contribution is 6.05. The maximum atomic E-state index is 5.25. The number of ether oxygens (including phenoxy) is 1. The fourth-order valence-corrected chi connectivity index (χ4v) is 2.01. The van der Waals surface area contributed by atoms with E-state index in [9.17, 15) is 0 Å². The van der Waals surface area contributed by atoms with Gasteiger partial charge in [0.15, 0.2) is 5.84 Å². The first-order valence-electron chi connectivity index (χ1n) is 5.42. The Morgan fingerprint density at radius 3 is 3.06 bits per heavy atom. The molecule has 3 rings (SSSR count). The summed E-state index contributed by atoms with van der Waals surface area (Å²) in [5, 5.41) is 4.42. The molecule has 0 fully saturated rings. The van der Waals surface area contributed by atoms with Gasteiger partial charge in [0.25, 0.3) is 0 Å². The number of aromatic nitrogens is 1. The topological polar surface area (TPSA) is 42.1 Å². The highest BCUT2D eigenvalue weighted by Crippen LogP contribution is 2.22. The number of hydrogen-bond donors (Lipinski definition) is 0. The van der Waals surface area contributed by atoms with Crippen LogP contribution >= 0.6 is 0 Å². The van der Waals surface area contributed by atoms with Crippen LogP contribution in [0.5, 0.6) is 0 Å². The number of aliphatic imine (C=N–C) groups is 1. The lowest BCUT2D eigenvalue weighted by Crippen LogP contribution is -2.40. The van der Waals surface area contributed by atoms with E-state index in [0.717, 1.165) is 11.5 Å². The summed E-state index contributed by atoms with van der Waals surface area (Å²) in [7, 11) is 0. The minimum atomic E-state index is 0.432. The molecule has 0 aromatic carbocycles. The molecule has 0 saturated heterocycles. The van der Waals surface area contributed by atoms with Crippen LogP contribution in [0.25, 0.3) is 0 Å². The highest BCUT2D eigenvalue weighted by atomic mass is 16.5. The first kappa shape index (κ1) is 9.59. The van der Waals surface area contributed by atoms with Gasteiger partial charge in [0.2, 0.25) is 0 Å². The molecule has 0 radical (unpaired) electrons. The van der Waals surface area contributed by atoms with E-state index in [0.29, 0.717) is 19.4 Å². The smallest absolute Gasteiger partial charge is 0.159 e. The van der Waals surface area contributed by atoms with Gasteiger partial charge >= 0.3 is 0 Å². The number of amidine groups is 1. The van der Waals surface area contributed by atoms with E-state index in [-0.39, 0.29) is 0 Å². The number of nitrogens with zero attached hydrogens (tertiary/aromatic N) is 4. The predicted octanol–water partition coefficient (Wildman–Crippen LogP) is 1.41. The minimum absolute atomic E-state index is 0.432. The van der Waals surface area contributed by atoms with Crippen LogP contribution in [-0.4, -0.2) is 35.2 Å². The summed E-state index contributed by atoms with van der Waals surface area (Å²) in [6.07, 6.45) is 1.77. The number of rotatable bonds is 1. The van der Waals surface area contributed by atoms with Gasteiger partial charge in [-0.25, -0.2) is 9.67 Å². The lowest BCUT2D eigenvalue weighted by molar-refractivity contribution is 0.0837. The molecule has 2 aliphatic heterocycles. The molecular weight excluding hydrogens is 204 g/mol. The molecule has 5 heteroatoms. The molecule has 0 amide bonds. The Balaban J connectivity index is 2.12. The molecule has 16 heavy (non-hydrogen) atoms. The van der Waals surface area contributed by atoms with Crippen molar-refractivity contribution in [3.63, 3.8) is 0 Å². The van der Waals surface area contributed by atoms with E-state index in [2.05, 4.69) is 36.1 Å². The van der Waals surface area contributed by atoms with Crippen molar-refractivity contribution in [2.24, 2.45) is 10.1 Å². The van der Waals surface area contributed by atoms with E-state index in [1.165, 1.54) is 5.69 Å². The van der Waals surface area contributed by atoms with Crippen LogP contribution in [0.4, 0.5) is 0 Å². The fraction of sp³-hybridized carbons (Fsp3) is 0.455. The number of fused-ring (bicyclic) bond motifs is 3. The molecule has 0 N–H and O–H groups in total. The Labute approximate surface area is 94.0 Å². The third-order valence-corrected chi connectivity index (χ3v) is 2.82. The van der Waals surface area contributed by atoms with Gasteiger partial charge in [-0.15, -0.1) is 0 Å². The molecule has 5 nitrogen and oxygen atoms in total. The molecular formula is C11H14N4O. The van der Waals surface area contributed by atoms with Gasteiger partial charge in [0.1, 0.15) is 25.5 Å². The Morgan fingerprint density at radius 1 is 1.38 bits per heavy atom. The quantitative estimate of drug-likeness (QED) is 0.715. The zero-order chi connectivity index (χ0) is 11.1. The van der Waals surface area contributed by atoms with E-state index < -0.39 is 0 Å². The zero-order valence-corrected chi connectivity index (χ0v) is 9.42. The SMILES string of the molecule is CC(C)c1ccc2n1N=CN1COCN=C21. The second-order valence-electron chi connectivity index (χ2n) is 4.25. The van der Waals surface area contributed by atoms with Crippen LogP contribution < -0.4 is 0 Å². The predicted molar refractivity (Wildman–Crippen MR) is 61.6 cm³/mol. The largest absolute Gasteiger partial charge is 0.338 e. The molecule has 3 heterocycles. The Morgan fingerprint density at radius 2 is 2.25 bits per heavy atom. The Hall–Kier alpha value is -1.62. The second-order valence-corrected chi connectivity index (χ2v) is 4.25. The average Bonchev–Trinajstić information content (AvgIpc) is 2.73. The summed E-state index contributed by atoms with van der Waals surface area (Å²) in [6.45, 7) is 5.29. The van der Waals surface area contributed by atoms with Gasteiger partial charge in [-0.05, 0) is 18.1 Å². The van der Waals surface area contributed by atoms with Crippen molar-refractivity contribution < 1.29 is 4.74 Å². The van der Waals surface area contributed by atoms with Crippen molar-refractivity contribution in [3.8, 4) is 0 Å². The first-order valence-corrected chi connectivity index (χ1v) is 5.42. The van der Waals surface area contributed by atoms with E-state index in [1.807, 2.05) is 9.58 Å². The van der Waals surface area contributed by atoms with Crippen LogP contribution in [0.15, 0.2) is 22.2 Å². The zero-order valence-electron chi connectivity index (χ0n) is 9.42. The van der Waals surface area contributed by atoms with E-state index >= 15 is 0 Å². The lowest BCUT2D eigenvalue weighted by atomic mass is 10.1. The maximum absolute atomic E-state index is 5.25. The third kappa shape index (κ3) is 1.28. The molecule has 0 aliphatic carbocycles. The molecule has 0 bridgehead atoms. The standard InChI is InChI=1S/C11H14N4O/c1-8(2)9-3-4-10-11-12-6-16-7-14(11)5-13-15(9)10/h3-5,8H,6-7H2,1-2H3. The van der Waals surface area contributed by atoms with Crippen molar-refractivity contribution in [1.29, 1.82) is 0 Å². The summed E-state index contributed by atoms with van der Waals surface area (Å²) < 4.78 is 7.21. The van der Waals surface area contributed by atoms with Crippen molar-refractivity contribution in [2.75, 3.05) is 13.5 Å². The maximum Gasteiger partial charge on any atom is 0.159 e. The summed E-state index contributed by atoms with van der Waals surface area (Å²) >= 11 is 0. The van der Waals surface area contributed by atoms with Crippen LogP contribution in [0.3, 0.4) is 0 Å². The monoisotopic (exact) mass is 218 g/mol. The fourth-order valence-electron chi connectivity index (χ4n) is 2.01. The molecule has 84 valence electrons. The van der Waals surface area contributed by atoms with Crippen LogP contribution in [0.1, 0.15) is 31.2 Å². The van der Waals surface area contributed by atoms with Gasteiger partial charge in [0.05, 0.1) is 0 Å². The highest BCUT2D eigenvalue weighted by Gasteiger charge is 2.24. The van der Waals surface area contributed by atoms with Crippen molar-refractivity contribution in [3.05, 3.63) is 23.5 Å². The molecule has 0 unspecified atom stereocenters. The van der Waals surface area contributed by atoms with Gasteiger partial charge < -0.3 is 4.74 Å². The summed E-state index contributed by atoms with van der Waals surface area (Å²) in [6, 6.07) is 4.18. The second kappa shape index (κ2) is 3.45. The molecule has 2 aliphatic rings. The Kier molecular flexibility index (Phi) is 2.07. The summed E-state index contributed by atoms with van der Waals surface area (Å²) in [4.78, 5) is 6.29. The van der Waals surface area contributed by atoms with Gasteiger partial charge in [0, 0.05) is 5.69 Å². The van der Waals surface area contributed by atoms with Crippen LogP contribution in [0.2, 0.25) is 0 Å². The van der Waals surface area contributed by atoms with Crippen LogP contribution in [-0.2, 0) is 4.74 Å². The number of hydrogen-bond acceptors (Lipinski definition) is 4. The summed E-state index contributed by atoms with van der Waals surface area (Å²) in [5.41, 5.74) is 2.26. The molecule has 0 saturated carbocycles. The summed E-state index contributed by atoms with van der Waals surface area (Å²) in [5.74, 6) is 1.41. The normalized spacial score (nSPS) is 18.4. The minimum Gasteiger partial charge on any atom is -0.338 e. The molecule has 1 aromatic rings. The van der Waals surface area contributed by atoms with Crippen molar-refractivity contribution >= 4 is 12.2 Å². The van der Waals surface area contributed by atoms with Gasteiger partial charge in [-0.2, -0.15) is 5.10 Å². The molecule has 1 aromatic heterocycles. The van der Waals surface area contributed by atoms with Crippen molar-refractivity contribution in [1.82, 2.24) is 9.58 Å². The molecule has 0 spiro atoms. The average molecular weight is 218 g/mol. The molecule has 0 atom stereocenters. The van der Waals surface area contributed by atoms with Gasteiger partial charge in [-0.1, -0.05) is 13.8 Å². The van der Waals surface area contributed by atoms with Crippen LogP contribution in [0, 0.1) is 0 Å². The van der Waals surface area contributed by atoms with E-state index in [4.69, 9.17) is 4.74 Å². The lowest BCUT2D eigenvalue weighted by Gasteiger charge is -2.28. The van der Waals surface area contributed by atoms with E-state index in [1.54, 1.807) is 6.34 Å². The van der Waals surface area contributed by atoms with Crippen molar-refractivity contribution in [2.45, 2.75) is 19.8 Å². The third-order valence-electron chi connectivity index (χ3n) is 2.82. The van der Waals surface area contributed by atoms with Gasteiger partial charge in [-0.3, -0.25) is 4.90 Å².